The number of aryl methyl sites for hydroxylation is 1. The highest BCUT2D eigenvalue weighted by Crippen LogP contribution is 2.29. The molecule has 0 aliphatic carbocycles. The molecule has 0 bridgehead atoms. The molecule has 0 fully saturated rings. The third-order valence-electron chi connectivity index (χ3n) is 1.80. The molecule has 0 saturated carbocycles. The van der Waals surface area contributed by atoms with Crippen molar-refractivity contribution in [3.05, 3.63) is 28.7 Å². The Balaban J connectivity index is 2.71. The quantitative estimate of drug-likeness (QED) is 0.657. The standard InChI is InChI=1S/C8H5ClF3N3/c1-4-2-6(9)15-7(13-4)3-5(14-15)8(10,11)12/h2-3H,1H3. The maximum Gasteiger partial charge on any atom is 0.435 e. The van der Waals surface area contributed by atoms with Crippen molar-refractivity contribution in [1.82, 2.24) is 14.6 Å². The molecule has 0 N–H and O–H groups in total. The van der Waals surface area contributed by atoms with E-state index in [9.17, 15) is 13.2 Å². The summed E-state index contributed by atoms with van der Waals surface area (Å²) in [6, 6.07) is 2.31. The molecule has 3 nitrogen and oxygen atoms in total. The van der Waals surface area contributed by atoms with Crippen LogP contribution < -0.4 is 0 Å². The highest BCUT2D eigenvalue weighted by atomic mass is 35.5. The third-order valence-corrected chi connectivity index (χ3v) is 2.07. The monoisotopic (exact) mass is 235 g/mol. The van der Waals surface area contributed by atoms with Crippen LogP contribution >= 0.6 is 11.6 Å². The van der Waals surface area contributed by atoms with Gasteiger partial charge in [0.25, 0.3) is 0 Å². The molecule has 2 aromatic heterocycles. The van der Waals surface area contributed by atoms with Crippen LogP contribution in [0.3, 0.4) is 0 Å². The molecule has 80 valence electrons. The lowest BCUT2D eigenvalue weighted by Gasteiger charge is -1.99. The Morgan fingerprint density at radius 2 is 2.00 bits per heavy atom. The molecule has 0 spiro atoms. The minimum Gasteiger partial charge on any atom is -0.234 e. The summed E-state index contributed by atoms with van der Waals surface area (Å²) < 4.78 is 37.9. The van der Waals surface area contributed by atoms with E-state index < -0.39 is 11.9 Å². The van der Waals surface area contributed by atoms with E-state index in [1.54, 1.807) is 6.92 Å². The molecular weight excluding hydrogens is 231 g/mol. The van der Waals surface area contributed by atoms with Gasteiger partial charge in [-0.3, -0.25) is 0 Å². The predicted molar refractivity (Wildman–Crippen MR) is 47.7 cm³/mol. The first-order chi connectivity index (χ1) is 6.88. The molecule has 0 radical (unpaired) electrons. The topological polar surface area (TPSA) is 30.2 Å². The van der Waals surface area contributed by atoms with Crippen molar-refractivity contribution in [3.8, 4) is 0 Å². The summed E-state index contributed by atoms with van der Waals surface area (Å²) in [6.07, 6.45) is -4.48. The second-order valence-corrected chi connectivity index (χ2v) is 3.40. The maximum absolute atomic E-state index is 12.3. The van der Waals surface area contributed by atoms with Crippen LogP contribution in [0.1, 0.15) is 11.4 Å². The van der Waals surface area contributed by atoms with Crippen LogP contribution in [0.15, 0.2) is 12.1 Å². The zero-order valence-corrected chi connectivity index (χ0v) is 8.26. The zero-order chi connectivity index (χ0) is 11.2. The molecule has 0 amide bonds. The van der Waals surface area contributed by atoms with Gasteiger partial charge in [0.05, 0.1) is 0 Å². The Morgan fingerprint density at radius 3 is 2.60 bits per heavy atom. The van der Waals surface area contributed by atoms with Crippen molar-refractivity contribution in [3.63, 3.8) is 0 Å². The summed E-state index contributed by atoms with van der Waals surface area (Å²) in [4.78, 5) is 3.89. The fourth-order valence-electron chi connectivity index (χ4n) is 1.19. The highest BCUT2D eigenvalue weighted by Gasteiger charge is 2.34. The predicted octanol–water partition coefficient (Wildman–Crippen LogP) is 2.71. The van der Waals surface area contributed by atoms with Gasteiger partial charge in [0, 0.05) is 11.8 Å². The molecule has 2 heterocycles. The third kappa shape index (κ3) is 1.77. The maximum atomic E-state index is 12.3. The molecule has 2 aromatic rings. The van der Waals surface area contributed by atoms with E-state index >= 15 is 0 Å². The summed E-state index contributed by atoms with van der Waals surface area (Å²) in [5.74, 6) is 0. The number of rotatable bonds is 0. The van der Waals surface area contributed by atoms with E-state index in [4.69, 9.17) is 11.6 Å². The van der Waals surface area contributed by atoms with Crippen LogP contribution in [0, 0.1) is 6.92 Å². The van der Waals surface area contributed by atoms with E-state index in [0.717, 1.165) is 10.6 Å². The van der Waals surface area contributed by atoms with Gasteiger partial charge in [-0.2, -0.15) is 18.3 Å². The minimum absolute atomic E-state index is 0.0901. The minimum atomic E-state index is -4.48. The Kier molecular flexibility index (Phi) is 2.11. The van der Waals surface area contributed by atoms with Crippen molar-refractivity contribution >= 4 is 17.2 Å². The van der Waals surface area contributed by atoms with Crippen molar-refractivity contribution in [1.29, 1.82) is 0 Å². The van der Waals surface area contributed by atoms with E-state index in [2.05, 4.69) is 10.1 Å². The van der Waals surface area contributed by atoms with Crippen LogP contribution in [-0.2, 0) is 6.18 Å². The zero-order valence-electron chi connectivity index (χ0n) is 7.51. The van der Waals surface area contributed by atoms with Crippen LogP contribution in [0.5, 0.6) is 0 Å². The lowest BCUT2D eigenvalue weighted by molar-refractivity contribution is -0.141. The molecule has 0 unspecified atom stereocenters. The van der Waals surface area contributed by atoms with Crippen LogP contribution in [-0.4, -0.2) is 14.6 Å². The second-order valence-electron chi connectivity index (χ2n) is 3.02. The molecule has 0 aliphatic rings. The lowest BCUT2D eigenvalue weighted by Crippen LogP contribution is -2.05. The smallest absolute Gasteiger partial charge is 0.234 e. The average molecular weight is 236 g/mol. The van der Waals surface area contributed by atoms with Crippen LogP contribution in [0.4, 0.5) is 13.2 Å². The Hall–Kier alpha value is -1.30. The number of fused-ring (bicyclic) bond motifs is 1. The van der Waals surface area contributed by atoms with Gasteiger partial charge >= 0.3 is 6.18 Å². The number of hydrogen-bond acceptors (Lipinski definition) is 2. The molecule has 0 aromatic carbocycles. The van der Waals surface area contributed by atoms with Gasteiger partial charge in [-0.05, 0) is 13.0 Å². The molecule has 15 heavy (non-hydrogen) atoms. The van der Waals surface area contributed by atoms with Crippen molar-refractivity contribution in [2.45, 2.75) is 13.1 Å². The molecule has 0 saturated heterocycles. The summed E-state index contributed by atoms with van der Waals surface area (Å²) in [5.41, 5.74) is -0.365. The SMILES string of the molecule is Cc1cc(Cl)n2nc(C(F)(F)F)cc2n1. The normalized spacial score (nSPS) is 12.3. The fourth-order valence-corrected chi connectivity index (χ4v) is 1.48. The van der Waals surface area contributed by atoms with Gasteiger partial charge in [0.1, 0.15) is 5.15 Å². The van der Waals surface area contributed by atoms with Crippen molar-refractivity contribution in [2.75, 3.05) is 0 Å². The number of alkyl halides is 3. The molecular formula is C8H5ClF3N3. The van der Waals surface area contributed by atoms with Gasteiger partial charge in [-0.25, -0.2) is 9.50 Å². The first kappa shape index (κ1) is 10.2. The molecule has 0 aliphatic heterocycles. The van der Waals surface area contributed by atoms with Gasteiger partial charge in [-0.1, -0.05) is 11.6 Å². The number of halogens is 4. The van der Waals surface area contributed by atoms with Gasteiger partial charge < -0.3 is 0 Å². The lowest BCUT2D eigenvalue weighted by atomic mass is 10.4. The summed E-state index contributed by atoms with van der Waals surface area (Å²) >= 11 is 5.72. The Morgan fingerprint density at radius 1 is 1.33 bits per heavy atom. The fraction of sp³-hybridized carbons (Fsp3) is 0.250. The van der Waals surface area contributed by atoms with E-state index in [0.29, 0.717) is 5.69 Å². The van der Waals surface area contributed by atoms with E-state index in [1.807, 2.05) is 0 Å². The van der Waals surface area contributed by atoms with E-state index in [1.165, 1.54) is 6.07 Å². The summed E-state index contributed by atoms with van der Waals surface area (Å²) in [5, 5.41) is 3.43. The van der Waals surface area contributed by atoms with E-state index in [-0.39, 0.29) is 10.8 Å². The van der Waals surface area contributed by atoms with Gasteiger partial charge in [-0.15, -0.1) is 0 Å². The first-order valence-electron chi connectivity index (χ1n) is 3.98. The largest absolute Gasteiger partial charge is 0.435 e. The van der Waals surface area contributed by atoms with Gasteiger partial charge in [0.2, 0.25) is 0 Å². The highest BCUT2D eigenvalue weighted by molar-refractivity contribution is 6.29. The number of hydrogen-bond donors (Lipinski definition) is 0. The van der Waals surface area contributed by atoms with Crippen molar-refractivity contribution in [2.24, 2.45) is 0 Å². The average Bonchev–Trinajstić information content (AvgIpc) is 2.46. The van der Waals surface area contributed by atoms with Crippen LogP contribution in [0.2, 0.25) is 5.15 Å². The second kappa shape index (κ2) is 3.10. The molecule has 0 atom stereocenters. The first-order valence-corrected chi connectivity index (χ1v) is 4.36. The summed E-state index contributed by atoms with van der Waals surface area (Å²) in [7, 11) is 0. The van der Waals surface area contributed by atoms with Gasteiger partial charge in [0.15, 0.2) is 11.3 Å². The molecule has 2 rings (SSSR count). The van der Waals surface area contributed by atoms with Crippen molar-refractivity contribution < 1.29 is 13.2 Å². The summed E-state index contributed by atoms with van der Waals surface area (Å²) in [6.45, 7) is 1.64. The number of nitrogens with zero attached hydrogens (tertiary/aromatic N) is 3. The number of aromatic nitrogens is 3. The van der Waals surface area contributed by atoms with Crippen LogP contribution in [0.25, 0.3) is 5.65 Å². The Labute approximate surface area is 87.5 Å². The molecule has 7 heteroatoms. The Bertz CT molecular complexity index is 518.